The molecule has 76 valence electrons. The first kappa shape index (κ1) is 10.4. The Hall–Kier alpha value is -1.71. The molecule has 1 aromatic rings. The van der Waals surface area contributed by atoms with E-state index in [1.54, 1.807) is 11.9 Å². The molecule has 0 aliphatic heterocycles. The van der Waals surface area contributed by atoms with Crippen LogP contribution >= 0.6 is 0 Å². The Balaban J connectivity index is 2.86. The lowest BCUT2D eigenvalue weighted by Gasteiger charge is -2.16. The highest BCUT2D eigenvalue weighted by Gasteiger charge is 2.04. The van der Waals surface area contributed by atoms with Crippen molar-refractivity contribution in [3.63, 3.8) is 0 Å². The van der Waals surface area contributed by atoms with Crippen molar-refractivity contribution in [2.75, 3.05) is 11.9 Å². The normalized spacial score (nSPS) is 11.4. The van der Waals surface area contributed by atoms with E-state index in [0.29, 0.717) is 0 Å². The average Bonchev–Trinajstić information content (AvgIpc) is 2.27. The molecule has 0 bridgehead atoms. The van der Waals surface area contributed by atoms with Crippen molar-refractivity contribution >= 4 is 11.6 Å². The largest absolute Gasteiger partial charge is 0.408 e. The third kappa shape index (κ3) is 2.16. The topological polar surface area (TPSA) is 61.8 Å². The molecular formula is C10H15N3O. The first-order valence-corrected chi connectivity index (χ1v) is 4.49. The van der Waals surface area contributed by atoms with Gasteiger partial charge >= 0.3 is 0 Å². The summed E-state index contributed by atoms with van der Waals surface area (Å²) in [6, 6.07) is 7.93. The molecule has 0 atom stereocenters. The minimum Gasteiger partial charge on any atom is -0.408 e. The van der Waals surface area contributed by atoms with Crippen LogP contribution in [-0.4, -0.2) is 18.2 Å². The summed E-state index contributed by atoms with van der Waals surface area (Å²) in [6.07, 6.45) is 1.01. The number of nitrogens with zero attached hydrogens (tertiary/aromatic N) is 2. The summed E-state index contributed by atoms with van der Waals surface area (Å²) in [5, 5.41) is 11.4. The molecule has 0 spiro atoms. The summed E-state index contributed by atoms with van der Waals surface area (Å²) in [7, 11) is 1.75. The van der Waals surface area contributed by atoms with Crippen LogP contribution < -0.4 is 10.6 Å². The van der Waals surface area contributed by atoms with Gasteiger partial charge in [-0.1, -0.05) is 24.2 Å². The molecule has 1 rings (SSSR count). The molecule has 1 aromatic carbocycles. The van der Waals surface area contributed by atoms with Crippen LogP contribution in [0.3, 0.4) is 0 Å². The molecule has 0 aliphatic rings. The third-order valence-corrected chi connectivity index (χ3v) is 2.18. The SMILES string of the molecule is CCc1ccc(N(C)C(N)=NO)cc1. The molecule has 0 radical (unpaired) electrons. The second kappa shape index (κ2) is 4.50. The van der Waals surface area contributed by atoms with E-state index in [0.717, 1.165) is 12.1 Å². The van der Waals surface area contributed by atoms with Gasteiger partial charge in [-0.15, -0.1) is 0 Å². The predicted molar refractivity (Wildman–Crippen MR) is 57.6 cm³/mol. The van der Waals surface area contributed by atoms with Gasteiger partial charge in [0.05, 0.1) is 0 Å². The van der Waals surface area contributed by atoms with E-state index in [2.05, 4.69) is 12.1 Å². The van der Waals surface area contributed by atoms with E-state index < -0.39 is 0 Å². The van der Waals surface area contributed by atoms with Crippen molar-refractivity contribution < 1.29 is 5.21 Å². The summed E-state index contributed by atoms with van der Waals surface area (Å²) in [6.45, 7) is 2.10. The molecule has 0 saturated heterocycles. The lowest BCUT2D eigenvalue weighted by Crippen LogP contribution is -2.33. The van der Waals surface area contributed by atoms with Crippen LogP contribution in [0.1, 0.15) is 12.5 Å². The van der Waals surface area contributed by atoms with E-state index in [9.17, 15) is 0 Å². The highest BCUT2D eigenvalue weighted by molar-refractivity contribution is 5.93. The zero-order chi connectivity index (χ0) is 10.6. The van der Waals surface area contributed by atoms with Gasteiger partial charge in [-0.2, -0.15) is 0 Å². The number of oxime groups is 1. The molecule has 0 amide bonds. The second-order valence-electron chi connectivity index (χ2n) is 3.04. The zero-order valence-corrected chi connectivity index (χ0v) is 8.44. The number of hydrogen-bond acceptors (Lipinski definition) is 2. The molecule has 0 aliphatic carbocycles. The van der Waals surface area contributed by atoms with Gasteiger partial charge in [0, 0.05) is 12.7 Å². The predicted octanol–water partition coefficient (Wildman–Crippen LogP) is 1.39. The van der Waals surface area contributed by atoms with Crippen molar-refractivity contribution in [3.05, 3.63) is 29.8 Å². The Kier molecular flexibility index (Phi) is 3.34. The van der Waals surface area contributed by atoms with Gasteiger partial charge in [0.2, 0.25) is 5.96 Å². The Morgan fingerprint density at radius 2 is 2.00 bits per heavy atom. The van der Waals surface area contributed by atoms with Crippen molar-refractivity contribution in [1.29, 1.82) is 0 Å². The highest BCUT2D eigenvalue weighted by atomic mass is 16.4. The van der Waals surface area contributed by atoms with Gasteiger partial charge in [-0.05, 0) is 24.1 Å². The van der Waals surface area contributed by atoms with Crippen LogP contribution in [0, 0.1) is 0 Å². The lowest BCUT2D eigenvalue weighted by atomic mass is 10.1. The average molecular weight is 193 g/mol. The van der Waals surface area contributed by atoms with Crippen molar-refractivity contribution in [3.8, 4) is 0 Å². The van der Waals surface area contributed by atoms with Gasteiger partial charge < -0.3 is 15.8 Å². The Morgan fingerprint density at radius 3 is 2.43 bits per heavy atom. The van der Waals surface area contributed by atoms with E-state index in [4.69, 9.17) is 10.9 Å². The standard InChI is InChI=1S/C10H15N3O/c1-3-8-4-6-9(7-5-8)13(2)10(11)12-14/h4-7,14H,3H2,1-2H3,(H2,11,12). The smallest absolute Gasteiger partial charge is 0.237 e. The maximum Gasteiger partial charge on any atom is 0.237 e. The first-order chi connectivity index (χ1) is 6.69. The van der Waals surface area contributed by atoms with E-state index >= 15 is 0 Å². The number of aryl methyl sites for hydroxylation is 1. The fourth-order valence-corrected chi connectivity index (χ4v) is 1.15. The lowest BCUT2D eigenvalue weighted by molar-refractivity contribution is 0.317. The number of benzene rings is 1. The summed E-state index contributed by atoms with van der Waals surface area (Å²) >= 11 is 0. The molecule has 3 N–H and O–H groups in total. The van der Waals surface area contributed by atoms with Gasteiger partial charge in [0.15, 0.2) is 0 Å². The Morgan fingerprint density at radius 1 is 1.43 bits per heavy atom. The van der Waals surface area contributed by atoms with Crippen molar-refractivity contribution in [1.82, 2.24) is 0 Å². The fraction of sp³-hybridized carbons (Fsp3) is 0.300. The molecule has 0 saturated carbocycles. The number of guanidine groups is 1. The van der Waals surface area contributed by atoms with E-state index in [1.165, 1.54) is 5.56 Å². The third-order valence-electron chi connectivity index (χ3n) is 2.18. The van der Waals surface area contributed by atoms with E-state index in [-0.39, 0.29) is 5.96 Å². The van der Waals surface area contributed by atoms with E-state index in [1.807, 2.05) is 24.3 Å². The molecule has 0 fully saturated rings. The molecule has 4 heteroatoms. The van der Waals surface area contributed by atoms with Crippen LogP contribution in [0.4, 0.5) is 5.69 Å². The second-order valence-corrected chi connectivity index (χ2v) is 3.04. The first-order valence-electron chi connectivity index (χ1n) is 4.49. The number of rotatable bonds is 2. The van der Waals surface area contributed by atoms with Gasteiger partial charge in [0.1, 0.15) is 0 Å². The summed E-state index contributed by atoms with van der Waals surface area (Å²) in [5.41, 5.74) is 7.61. The van der Waals surface area contributed by atoms with Crippen LogP contribution in [0.2, 0.25) is 0 Å². The fourth-order valence-electron chi connectivity index (χ4n) is 1.15. The van der Waals surface area contributed by atoms with Crippen molar-refractivity contribution in [2.24, 2.45) is 10.9 Å². The van der Waals surface area contributed by atoms with Crippen LogP contribution in [-0.2, 0) is 6.42 Å². The maximum atomic E-state index is 8.49. The summed E-state index contributed by atoms with van der Waals surface area (Å²) in [5.74, 6) is 0.0780. The van der Waals surface area contributed by atoms with Gasteiger partial charge in [0.25, 0.3) is 0 Å². The minimum atomic E-state index is 0.0780. The van der Waals surface area contributed by atoms with Gasteiger partial charge in [-0.3, -0.25) is 0 Å². The van der Waals surface area contributed by atoms with Crippen LogP contribution in [0.15, 0.2) is 29.4 Å². The molecule has 0 heterocycles. The number of nitrogens with two attached hydrogens (primary N) is 1. The van der Waals surface area contributed by atoms with Gasteiger partial charge in [-0.25, -0.2) is 0 Å². The molecular weight excluding hydrogens is 178 g/mol. The monoisotopic (exact) mass is 193 g/mol. The minimum absolute atomic E-state index is 0.0780. The quantitative estimate of drug-likeness (QED) is 0.323. The summed E-state index contributed by atoms with van der Waals surface area (Å²) in [4.78, 5) is 1.61. The Labute approximate surface area is 83.6 Å². The molecule has 0 unspecified atom stereocenters. The highest BCUT2D eigenvalue weighted by Crippen LogP contribution is 2.13. The molecule has 0 aromatic heterocycles. The molecule has 14 heavy (non-hydrogen) atoms. The summed E-state index contributed by atoms with van der Waals surface area (Å²) < 4.78 is 0. The number of hydrogen-bond donors (Lipinski definition) is 2. The van der Waals surface area contributed by atoms with Crippen LogP contribution in [0.5, 0.6) is 0 Å². The maximum absolute atomic E-state index is 8.49. The Bertz CT molecular complexity index is 319. The number of anilines is 1. The van der Waals surface area contributed by atoms with Crippen molar-refractivity contribution in [2.45, 2.75) is 13.3 Å². The van der Waals surface area contributed by atoms with Crippen LogP contribution in [0.25, 0.3) is 0 Å². The molecule has 4 nitrogen and oxygen atoms in total. The zero-order valence-electron chi connectivity index (χ0n) is 8.44.